The molecule has 0 bridgehead atoms. The molecule has 0 radical (unpaired) electrons. The molecule has 0 aromatic heterocycles. The number of carboxylic acids is 1. The van der Waals surface area contributed by atoms with Gasteiger partial charge < -0.3 is 20.5 Å². The Morgan fingerprint density at radius 3 is 2.53 bits per heavy atom. The van der Waals surface area contributed by atoms with Crippen LogP contribution in [0.25, 0.3) is 0 Å². The number of methoxy groups -OCH3 is 1. The number of piperidine rings is 1. The number of para-hydroxylation sites is 1. The SMILES string of the molecule is COc1ccccc1C(=O)NC1CCN(CC(=O)Nc2cccc(C(=O)O)c2)CC1. The average molecular weight is 411 g/mol. The first-order valence-electron chi connectivity index (χ1n) is 9.75. The number of hydrogen-bond donors (Lipinski definition) is 3. The Morgan fingerprint density at radius 1 is 1.10 bits per heavy atom. The summed E-state index contributed by atoms with van der Waals surface area (Å²) in [6, 6.07) is 13.3. The number of nitrogens with zero attached hydrogens (tertiary/aromatic N) is 1. The summed E-state index contributed by atoms with van der Waals surface area (Å²) in [5.41, 5.74) is 1.09. The van der Waals surface area contributed by atoms with E-state index < -0.39 is 5.97 Å². The number of aromatic carboxylic acids is 1. The third-order valence-electron chi connectivity index (χ3n) is 5.03. The van der Waals surface area contributed by atoms with E-state index in [1.807, 2.05) is 11.0 Å². The molecule has 2 aromatic rings. The van der Waals surface area contributed by atoms with Gasteiger partial charge in [0.25, 0.3) is 5.91 Å². The summed E-state index contributed by atoms with van der Waals surface area (Å²) in [6.45, 7) is 1.57. The zero-order valence-corrected chi connectivity index (χ0v) is 16.8. The Labute approximate surface area is 174 Å². The summed E-state index contributed by atoms with van der Waals surface area (Å²) in [7, 11) is 1.54. The molecule has 1 fully saturated rings. The van der Waals surface area contributed by atoms with Crippen LogP contribution in [0.15, 0.2) is 48.5 Å². The fourth-order valence-corrected chi connectivity index (χ4v) is 3.46. The van der Waals surface area contributed by atoms with Gasteiger partial charge in [-0.1, -0.05) is 18.2 Å². The predicted octanol–water partition coefficient (Wildman–Crippen LogP) is 2.23. The molecule has 2 aromatic carbocycles. The molecule has 1 aliphatic heterocycles. The molecule has 0 spiro atoms. The van der Waals surface area contributed by atoms with Gasteiger partial charge in [0.2, 0.25) is 5.91 Å². The number of benzene rings is 2. The van der Waals surface area contributed by atoms with Gasteiger partial charge in [-0.15, -0.1) is 0 Å². The molecule has 158 valence electrons. The standard InChI is InChI=1S/C22H25N3O5/c1-30-19-8-3-2-7-18(19)21(27)24-16-9-11-25(12-10-16)14-20(26)23-17-6-4-5-15(13-17)22(28)29/h2-8,13,16H,9-12,14H2,1H3,(H,23,26)(H,24,27)(H,28,29). The largest absolute Gasteiger partial charge is 0.496 e. The van der Waals surface area contributed by atoms with Crippen LogP contribution in [-0.2, 0) is 4.79 Å². The van der Waals surface area contributed by atoms with E-state index in [9.17, 15) is 14.4 Å². The summed E-state index contributed by atoms with van der Waals surface area (Å²) >= 11 is 0. The second-order valence-electron chi connectivity index (χ2n) is 7.16. The van der Waals surface area contributed by atoms with Crippen LogP contribution < -0.4 is 15.4 Å². The van der Waals surface area contributed by atoms with Crippen molar-refractivity contribution in [3.63, 3.8) is 0 Å². The molecule has 8 nitrogen and oxygen atoms in total. The van der Waals surface area contributed by atoms with Crippen LogP contribution in [0.3, 0.4) is 0 Å². The highest BCUT2D eigenvalue weighted by molar-refractivity contribution is 5.97. The molecule has 0 unspecified atom stereocenters. The first kappa shape index (κ1) is 21.3. The maximum Gasteiger partial charge on any atom is 0.335 e. The minimum atomic E-state index is -1.04. The second-order valence-corrected chi connectivity index (χ2v) is 7.16. The van der Waals surface area contributed by atoms with Gasteiger partial charge in [0.15, 0.2) is 0 Å². The molecule has 8 heteroatoms. The molecule has 1 aliphatic rings. The van der Waals surface area contributed by atoms with Crippen LogP contribution in [-0.4, -0.2) is 60.6 Å². The van der Waals surface area contributed by atoms with E-state index in [0.29, 0.717) is 30.1 Å². The van der Waals surface area contributed by atoms with Gasteiger partial charge in [-0.3, -0.25) is 14.5 Å². The number of hydrogen-bond acceptors (Lipinski definition) is 5. The fourth-order valence-electron chi connectivity index (χ4n) is 3.46. The smallest absolute Gasteiger partial charge is 0.335 e. The first-order valence-corrected chi connectivity index (χ1v) is 9.75. The molecule has 0 aliphatic carbocycles. The Kier molecular flexibility index (Phi) is 7.03. The van der Waals surface area contributed by atoms with Crippen molar-refractivity contribution >= 4 is 23.5 Å². The molecule has 1 saturated heterocycles. The van der Waals surface area contributed by atoms with E-state index in [4.69, 9.17) is 9.84 Å². The maximum absolute atomic E-state index is 12.5. The normalized spacial score (nSPS) is 14.7. The lowest BCUT2D eigenvalue weighted by Crippen LogP contribution is -2.46. The lowest BCUT2D eigenvalue weighted by Gasteiger charge is -2.32. The number of likely N-dealkylation sites (tertiary alicyclic amines) is 1. The number of rotatable bonds is 7. The van der Waals surface area contributed by atoms with Crippen LogP contribution in [0.2, 0.25) is 0 Å². The first-order chi connectivity index (χ1) is 14.5. The molecule has 1 heterocycles. The molecular weight excluding hydrogens is 386 g/mol. The molecular formula is C22H25N3O5. The molecule has 2 amide bonds. The third-order valence-corrected chi connectivity index (χ3v) is 5.03. The van der Waals surface area contributed by atoms with Crippen molar-refractivity contribution in [1.82, 2.24) is 10.2 Å². The minimum Gasteiger partial charge on any atom is -0.496 e. The summed E-state index contributed by atoms with van der Waals surface area (Å²) in [6.07, 6.45) is 1.48. The Hall–Kier alpha value is -3.39. The van der Waals surface area contributed by atoms with E-state index in [0.717, 1.165) is 12.8 Å². The molecule has 3 N–H and O–H groups in total. The monoisotopic (exact) mass is 411 g/mol. The van der Waals surface area contributed by atoms with E-state index in [2.05, 4.69) is 10.6 Å². The highest BCUT2D eigenvalue weighted by Gasteiger charge is 2.23. The van der Waals surface area contributed by atoms with E-state index >= 15 is 0 Å². The van der Waals surface area contributed by atoms with Crippen molar-refractivity contribution in [2.45, 2.75) is 18.9 Å². The maximum atomic E-state index is 12.5. The predicted molar refractivity (Wildman–Crippen MR) is 112 cm³/mol. The van der Waals surface area contributed by atoms with Crippen LogP contribution in [0.4, 0.5) is 5.69 Å². The van der Waals surface area contributed by atoms with Gasteiger partial charge in [0, 0.05) is 24.8 Å². The highest BCUT2D eigenvalue weighted by atomic mass is 16.5. The van der Waals surface area contributed by atoms with Gasteiger partial charge >= 0.3 is 5.97 Å². The van der Waals surface area contributed by atoms with Crippen molar-refractivity contribution in [2.75, 3.05) is 32.1 Å². The summed E-state index contributed by atoms with van der Waals surface area (Å²) in [5, 5.41) is 14.8. The van der Waals surface area contributed by atoms with Gasteiger partial charge in [0.1, 0.15) is 5.75 Å². The van der Waals surface area contributed by atoms with Crippen molar-refractivity contribution in [1.29, 1.82) is 0 Å². The van der Waals surface area contributed by atoms with Crippen molar-refractivity contribution < 1.29 is 24.2 Å². The third kappa shape index (κ3) is 5.57. The lowest BCUT2D eigenvalue weighted by atomic mass is 10.0. The molecule has 30 heavy (non-hydrogen) atoms. The molecule has 0 saturated carbocycles. The van der Waals surface area contributed by atoms with Gasteiger partial charge in [-0.2, -0.15) is 0 Å². The summed E-state index contributed by atoms with van der Waals surface area (Å²) < 4.78 is 5.24. The van der Waals surface area contributed by atoms with E-state index in [1.165, 1.54) is 19.2 Å². The zero-order chi connectivity index (χ0) is 21.5. The summed E-state index contributed by atoms with van der Waals surface area (Å²) in [4.78, 5) is 37.9. The topological polar surface area (TPSA) is 108 Å². The number of carboxylic acid groups (broad SMARTS) is 1. The Bertz CT molecular complexity index is 922. The van der Waals surface area contributed by atoms with Gasteiger partial charge in [0.05, 0.1) is 24.8 Å². The van der Waals surface area contributed by atoms with Crippen molar-refractivity contribution in [3.05, 3.63) is 59.7 Å². The van der Waals surface area contributed by atoms with E-state index in [-0.39, 0.29) is 30.0 Å². The number of carbonyl (C=O) groups excluding carboxylic acids is 2. The van der Waals surface area contributed by atoms with Gasteiger partial charge in [-0.25, -0.2) is 4.79 Å². The summed E-state index contributed by atoms with van der Waals surface area (Å²) in [5.74, 6) is -0.865. The Morgan fingerprint density at radius 2 is 1.83 bits per heavy atom. The highest BCUT2D eigenvalue weighted by Crippen LogP contribution is 2.18. The lowest BCUT2D eigenvalue weighted by molar-refractivity contribution is -0.117. The van der Waals surface area contributed by atoms with Crippen LogP contribution in [0.5, 0.6) is 5.75 Å². The van der Waals surface area contributed by atoms with Crippen molar-refractivity contribution in [3.8, 4) is 5.75 Å². The fraction of sp³-hybridized carbons (Fsp3) is 0.318. The number of nitrogens with one attached hydrogen (secondary N) is 2. The quantitative estimate of drug-likeness (QED) is 0.645. The Balaban J connectivity index is 1.46. The molecule has 0 atom stereocenters. The van der Waals surface area contributed by atoms with Gasteiger partial charge in [-0.05, 0) is 43.2 Å². The van der Waals surface area contributed by atoms with Crippen LogP contribution >= 0.6 is 0 Å². The average Bonchev–Trinajstić information content (AvgIpc) is 2.75. The number of carbonyl (C=O) groups is 3. The number of amides is 2. The van der Waals surface area contributed by atoms with E-state index in [1.54, 1.807) is 30.3 Å². The number of ether oxygens (including phenoxy) is 1. The second kappa shape index (κ2) is 9.89. The number of anilines is 1. The van der Waals surface area contributed by atoms with Crippen LogP contribution in [0, 0.1) is 0 Å². The zero-order valence-electron chi connectivity index (χ0n) is 16.8. The molecule has 3 rings (SSSR count). The van der Waals surface area contributed by atoms with Crippen LogP contribution in [0.1, 0.15) is 33.6 Å². The van der Waals surface area contributed by atoms with Crippen molar-refractivity contribution in [2.24, 2.45) is 0 Å². The minimum absolute atomic E-state index is 0.0361.